The highest BCUT2D eigenvalue weighted by molar-refractivity contribution is 5.97. The van der Waals surface area contributed by atoms with Gasteiger partial charge < -0.3 is 10.5 Å². The molecule has 0 bridgehead atoms. The standard InChI is InChI=1S/C25H28N2O2/c1-20(19-26)7-8-21-5-4-6-23(17-21)25(28)18-22-9-11-24(12-10-22)29-16-15-27-13-2-3-14-27/h4-6,9-12,17,19H,2-3,13-16,18,26H2,1H3/b20-19+. The minimum Gasteiger partial charge on any atom is -0.492 e. The molecule has 0 atom stereocenters. The zero-order chi connectivity index (χ0) is 20.5. The lowest BCUT2D eigenvalue weighted by Gasteiger charge is -2.15. The summed E-state index contributed by atoms with van der Waals surface area (Å²) in [7, 11) is 0. The second-order valence-corrected chi connectivity index (χ2v) is 7.32. The van der Waals surface area contributed by atoms with Gasteiger partial charge in [0.05, 0.1) is 0 Å². The number of Topliss-reactive ketones (excluding diaryl/α,β-unsaturated/α-hetero) is 1. The van der Waals surface area contributed by atoms with E-state index in [2.05, 4.69) is 16.7 Å². The highest BCUT2D eigenvalue weighted by Crippen LogP contribution is 2.15. The van der Waals surface area contributed by atoms with Crippen molar-refractivity contribution < 1.29 is 9.53 Å². The third-order valence-electron chi connectivity index (χ3n) is 5.00. The van der Waals surface area contributed by atoms with Crippen molar-refractivity contribution in [2.24, 2.45) is 5.73 Å². The molecule has 2 N–H and O–H groups in total. The van der Waals surface area contributed by atoms with Crippen molar-refractivity contribution in [1.29, 1.82) is 0 Å². The summed E-state index contributed by atoms with van der Waals surface area (Å²) in [4.78, 5) is 15.1. The van der Waals surface area contributed by atoms with Crippen LogP contribution in [0.1, 0.15) is 41.3 Å². The first-order valence-electron chi connectivity index (χ1n) is 10.1. The second-order valence-electron chi connectivity index (χ2n) is 7.32. The largest absolute Gasteiger partial charge is 0.492 e. The van der Waals surface area contributed by atoms with E-state index in [-0.39, 0.29) is 5.78 Å². The van der Waals surface area contributed by atoms with Crippen molar-refractivity contribution in [3.8, 4) is 17.6 Å². The van der Waals surface area contributed by atoms with Crippen LogP contribution in [0.4, 0.5) is 0 Å². The summed E-state index contributed by atoms with van der Waals surface area (Å²) in [6, 6.07) is 15.2. The average Bonchev–Trinajstić information content (AvgIpc) is 3.27. The zero-order valence-corrected chi connectivity index (χ0v) is 17.0. The third kappa shape index (κ3) is 6.51. The van der Waals surface area contributed by atoms with E-state index in [4.69, 9.17) is 10.5 Å². The molecule has 0 saturated carbocycles. The molecule has 1 aliphatic rings. The van der Waals surface area contributed by atoms with E-state index in [0.29, 0.717) is 18.6 Å². The number of ether oxygens (including phenoxy) is 1. The molecule has 0 aromatic heterocycles. The summed E-state index contributed by atoms with van der Waals surface area (Å²) < 4.78 is 5.83. The fraction of sp³-hybridized carbons (Fsp3) is 0.320. The maximum Gasteiger partial charge on any atom is 0.167 e. The minimum absolute atomic E-state index is 0.0717. The van der Waals surface area contributed by atoms with E-state index >= 15 is 0 Å². The van der Waals surface area contributed by atoms with Gasteiger partial charge in [0, 0.05) is 35.9 Å². The summed E-state index contributed by atoms with van der Waals surface area (Å²) >= 11 is 0. The first kappa shape index (κ1) is 20.7. The van der Waals surface area contributed by atoms with Crippen LogP contribution in [0.25, 0.3) is 0 Å². The zero-order valence-electron chi connectivity index (χ0n) is 17.0. The first-order valence-corrected chi connectivity index (χ1v) is 10.1. The minimum atomic E-state index is 0.0717. The Morgan fingerprint density at radius 3 is 2.66 bits per heavy atom. The molecule has 150 valence electrons. The number of hydrogen-bond acceptors (Lipinski definition) is 4. The van der Waals surface area contributed by atoms with E-state index < -0.39 is 0 Å². The van der Waals surface area contributed by atoms with Crippen molar-refractivity contribution in [1.82, 2.24) is 4.90 Å². The summed E-state index contributed by atoms with van der Waals surface area (Å²) in [6.07, 6.45) is 4.42. The Hall–Kier alpha value is -3.03. The number of hydrogen-bond donors (Lipinski definition) is 1. The van der Waals surface area contributed by atoms with Gasteiger partial charge in [-0.1, -0.05) is 36.1 Å². The number of carbonyl (C=O) groups is 1. The molecular weight excluding hydrogens is 360 g/mol. The highest BCUT2D eigenvalue weighted by Gasteiger charge is 2.11. The highest BCUT2D eigenvalue weighted by atomic mass is 16.5. The van der Waals surface area contributed by atoms with Gasteiger partial charge in [-0.25, -0.2) is 0 Å². The smallest absolute Gasteiger partial charge is 0.167 e. The van der Waals surface area contributed by atoms with Crippen LogP contribution < -0.4 is 10.5 Å². The number of ketones is 1. The molecule has 1 fully saturated rings. The molecular formula is C25H28N2O2. The molecule has 4 heteroatoms. The molecule has 0 amide bonds. The van der Waals surface area contributed by atoms with Crippen LogP contribution in [0.15, 0.2) is 60.3 Å². The topological polar surface area (TPSA) is 55.6 Å². The fourth-order valence-corrected chi connectivity index (χ4v) is 3.27. The Labute approximate surface area is 173 Å². The number of carbonyl (C=O) groups excluding carboxylic acids is 1. The molecule has 0 spiro atoms. The SMILES string of the molecule is C/C(C#Cc1cccc(C(=O)Cc2ccc(OCCN3CCCC3)cc2)c1)=C\N. The Balaban J connectivity index is 1.54. The van der Waals surface area contributed by atoms with Gasteiger partial charge in [-0.3, -0.25) is 9.69 Å². The molecule has 0 unspecified atom stereocenters. The average molecular weight is 389 g/mol. The van der Waals surface area contributed by atoms with E-state index in [1.807, 2.05) is 55.5 Å². The Morgan fingerprint density at radius 1 is 1.17 bits per heavy atom. The van der Waals surface area contributed by atoms with Crippen molar-refractivity contribution >= 4 is 5.78 Å². The molecule has 29 heavy (non-hydrogen) atoms. The predicted octanol–water partition coefficient (Wildman–Crippen LogP) is 3.80. The van der Waals surface area contributed by atoms with E-state index in [1.165, 1.54) is 32.1 Å². The predicted molar refractivity (Wildman–Crippen MR) is 117 cm³/mol. The number of allylic oxidation sites excluding steroid dienone is 1. The Bertz CT molecular complexity index is 914. The van der Waals surface area contributed by atoms with Gasteiger partial charge in [-0.15, -0.1) is 0 Å². The van der Waals surface area contributed by atoms with Crippen LogP contribution in [-0.4, -0.2) is 36.9 Å². The number of nitrogens with two attached hydrogens (primary N) is 1. The quantitative estimate of drug-likeness (QED) is 0.579. The van der Waals surface area contributed by atoms with Gasteiger partial charge in [0.2, 0.25) is 0 Å². The number of nitrogens with zero attached hydrogens (tertiary/aromatic N) is 1. The molecule has 1 aliphatic heterocycles. The van der Waals surface area contributed by atoms with Crippen molar-refractivity contribution in [3.05, 3.63) is 77.0 Å². The molecule has 4 nitrogen and oxygen atoms in total. The number of rotatable bonds is 7. The van der Waals surface area contributed by atoms with Gasteiger partial charge in [-0.05, 0) is 62.7 Å². The Morgan fingerprint density at radius 2 is 1.93 bits per heavy atom. The monoisotopic (exact) mass is 388 g/mol. The molecule has 2 aromatic carbocycles. The van der Waals surface area contributed by atoms with E-state index in [9.17, 15) is 4.79 Å². The van der Waals surface area contributed by atoms with Gasteiger partial charge in [0.15, 0.2) is 5.78 Å². The van der Waals surface area contributed by atoms with Crippen molar-refractivity contribution in [2.45, 2.75) is 26.2 Å². The maximum atomic E-state index is 12.6. The van der Waals surface area contributed by atoms with Gasteiger partial charge in [0.1, 0.15) is 12.4 Å². The molecule has 2 aromatic rings. The summed E-state index contributed by atoms with van der Waals surface area (Å²) in [5.41, 5.74) is 8.67. The van der Waals surface area contributed by atoms with Crippen LogP contribution in [0.5, 0.6) is 5.75 Å². The van der Waals surface area contributed by atoms with Crippen LogP contribution in [0, 0.1) is 11.8 Å². The first-order chi connectivity index (χ1) is 14.1. The van der Waals surface area contributed by atoms with Gasteiger partial charge in [0.25, 0.3) is 0 Å². The molecule has 3 rings (SSSR count). The summed E-state index contributed by atoms with van der Waals surface area (Å²) in [5, 5.41) is 0. The lowest BCUT2D eigenvalue weighted by Crippen LogP contribution is -2.25. The summed E-state index contributed by atoms with van der Waals surface area (Å²) in [5.74, 6) is 6.91. The van der Waals surface area contributed by atoms with Crippen molar-refractivity contribution in [3.63, 3.8) is 0 Å². The van der Waals surface area contributed by atoms with Crippen LogP contribution >= 0.6 is 0 Å². The normalized spacial score (nSPS) is 14.3. The van der Waals surface area contributed by atoms with E-state index in [1.54, 1.807) is 0 Å². The maximum absolute atomic E-state index is 12.6. The van der Waals surface area contributed by atoms with Crippen LogP contribution in [-0.2, 0) is 6.42 Å². The van der Waals surface area contributed by atoms with Crippen LogP contribution in [0.3, 0.4) is 0 Å². The van der Waals surface area contributed by atoms with E-state index in [0.717, 1.165) is 29.0 Å². The molecule has 0 radical (unpaired) electrons. The van der Waals surface area contributed by atoms with Gasteiger partial charge in [-0.2, -0.15) is 0 Å². The fourth-order valence-electron chi connectivity index (χ4n) is 3.27. The molecule has 1 saturated heterocycles. The van der Waals surface area contributed by atoms with Gasteiger partial charge >= 0.3 is 0 Å². The molecule has 1 heterocycles. The lowest BCUT2D eigenvalue weighted by atomic mass is 10.0. The Kier molecular flexibility index (Phi) is 7.49. The third-order valence-corrected chi connectivity index (χ3v) is 5.00. The van der Waals surface area contributed by atoms with Crippen LogP contribution in [0.2, 0.25) is 0 Å². The number of likely N-dealkylation sites (tertiary alicyclic amines) is 1. The number of benzene rings is 2. The van der Waals surface area contributed by atoms with Crippen molar-refractivity contribution in [2.75, 3.05) is 26.2 Å². The second kappa shape index (κ2) is 10.5. The summed E-state index contributed by atoms with van der Waals surface area (Å²) in [6.45, 7) is 5.88. The molecule has 0 aliphatic carbocycles. The lowest BCUT2D eigenvalue weighted by molar-refractivity contribution is 0.0993.